The molecule has 0 aliphatic carbocycles. The first-order valence-electron chi connectivity index (χ1n) is 6.98. The topological polar surface area (TPSA) is 58.6 Å². The minimum absolute atomic E-state index is 0.173. The number of carbonyl (C=O) groups is 2. The number of rotatable bonds is 4. The molecule has 0 unspecified atom stereocenters. The van der Waals surface area contributed by atoms with Crippen molar-refractivity contribution in [3.63, 3.8) is 0 Å². The first-order chi connectivity index (χ1) is 10.4. The Labute approximate surface area is 127 Å². The third-order valence-electron chi connectivity index (χ3n) is 3.64. The number of anilines is 1. The average molecular weight is 312 g/mol. The molecular formula is C15H18F2N2O3. The maximum absolute atomic E-state index is 12.6. The minimum Gasteiger partial charge on any atom is -0.495 e. The van der Waals surface area contributed by atoms with Gasteiger partial charge in [-0.15, -0.1) is 0 Å². The van der Waals surface area contributed by atoms with E-state index in [-0.39, 0.29) is 6.54 Å². The van der Waals surface area contributed by atoms with E-state index >= 15 is 0 Å². The Balaban J connectivity index is 2.15. The minimum atomic E-state index is -3.10. The summed E-state index contributed by atoms with van der Waals surface area (Å²) in [5, 5.41) is 2.67. The molecule has 7 heteroatoms. The lowest BCUT2D eigenvalue weighted by molar-refractivity contribution is -0.146. The number of amides is 2. The van der Waals surface area contributed by atoms with Gasteiger partial charge >= 0.3 is 6.43 Å². The van der Waals surface area contributed by atoms with Crippen LogP contribution in [0.2, 0.25) is 0 Å². The number of ether oxygens (including phenoxy) is 1. The van der Waals surface area contributed by atoms with Crippen molar-refractivity contribution in [1.82, 2.24) is 4.90 Å². The summed E-state index contributed by atoms with van der Waals surface area (Å²) in [7, 11) is 1.47. The lowest BCUT2D eigenvalue weighted by atomic mass is 10.1. The summed E-state index contributed by atoms with van der Waals surface area (Å²) in [6, 6.07) is 4.40. The standard InChI is InChI=1S/C15H18F2N2O3/c1-9-5-6-12(22-2)10(8-9)18-14(20)11-4-3-7-19(11)15(21)13(16)17/h5-6,8,11,13H,3-4,7H2,1-2H3,(H,18,20)/t11-/m1/s1. The van der Waals surface area contributed by atoms with E-state index in [0.717, 1.165) is 10.5 Å². The molecule has 0 aromatic heterocycles. The number of hydrogen-bond acceptors (Lipinski definition) is 3. The van der Waals surface area contributed by atoms with Crippen LogP contribution < -0.4 is 10.1 Å². The Hall–Kier alpha value is -2.18. The third kappa shape index (κ3) is 3.35. The number of aryl methyl sites for hydroxylation is 1. The van der Waals surface area contributed by atoms with Crippen molar-refractivity contribution in [1.29, 1.82) is 0 Å². The highest BCUT2D eigenvalue weighted by molar-refractivity contribution is 5.98. The number of methoxy groups -OCH3 is 1. The van der Waals surface area contributed by atoms with Gasteiger partial charge in [0, 0.05) is 6.54 Å². The van der Waals surface area contributed by atoms with Gasteiger partial charge in [0.1, 0.15) is 11.8 Å². The Bertz CT molecular complexity index is 578. The van der Waals surface area contributed by atoms with Crippen LogP contribution in [0.15, 0.2) is 18.2 Å². The summed E-state index contributed by atoms with van der Waals surface area (Å²) >= 11 is 0. The summed E-state index contributed by atoms with van der Waals surface area (Å²) in [5.41, 5.74) is 1.38. The van der Waals surface area contributed by atoms with Crippen LogP contribution in [-0.4, -0.2) is 42.8 Å². The zero-order valence-electron chi connectivity index (χ0n) is 12.4. The van der Waals surface area contributed by atoms with Crippen molar-refractivity contribution < 1.29 is 23.1 Å². The van der Waals surface area contributed by atoms with Crippen LogP contribution in [0, 0.1) is 6.92 Å². The van der Waals surface area contributed by atoms with Crippen LogP contribution >= 0.6 is 0 Å². The molecule has 0 radical (unpaired) electrons. The van der Waals surface area contributed by atoms with Crippen LogP contribution in [0.3, 0.4) is 0 Å². The fourth-order valence-electron chi connectivity index (χ4n) is 2.56. The van der Waals surface area contributed by atoms with Crippen LogP contribution in [0.4, 0.5) is 14.5 Å². The Morgan fingerprint density at radius 3 is 2.77 bits per heavy atom. The van der Waals surface area contributed by atoms with Gasteiger partial charge in [-0.25, -0.2) is 0 Å². The molecule has 0 bridgehead atoms. The molecular weight excluding hydrogens is 294 g/mol. The SMILES string of the molecule is COc1ccc(C)cc1NC(=O)[C@H]1CCCN1C(=O)C(F)F. The molecule has 0 spiro atoms. The molecule has 1 N–H and O–H groups in total. The van der Waals surface area contributed by atoms with Crippen molar-refractivity contribution >= 4 is 17.5 Å². The number of carbonyl (C=O) groups excluding carboxylic acids is 2. The maximum atomic E-state index is 12.6. The highest BCUT2D eigenvalue weighted by Gasteiger charge is 2.37. The summed E-state index contributed by atoms with van der Waals surface area (Å²) in [4.78, 5) is 24.7. The zero-order chi connectivity index (χ0) is 16.3. The summed E-state index contributed by atoms with van der Waals surface area (Å²) < 4.78 is 30.3. The van der Waals surface area contributed by atoms with Crippen molar-refractivity contribution in [2.24, 2.45) is 0 Å². The average Bonchev–Trinajstić information content (AvgIpc) is 2.96. The normalized spacial score (nSPS) is 17.7. The van der Waals surface area contributed by atoms with E-state index in [2.05, 4.69) is 5.32 Å². The van der Waals surface area contributed by atoms with Crippen molar-refractivity contribution in [2.75, 3.05) is 19.0 Å². The van der Waals surface area contributed by atoms with E-state index in [4.69, 9.17) is 4.74 Å². The van der Waals surface area contributed by atoms with Gasteiger partial charge in [0.05, 0.1) is 12.8 Å². The zero-order valence-corrected chi connectivity index (χ0v) is 12.4. The molecule has 1 atom stereocenters. The number of likely N-dealkylation sites (tertiary alicyclic amines) is 1. The molecule has 5 nitrogen and oxygen atoms in total. The van der Waals surface area contributed by atoms with Crippen molar-refractivity contribution in [3.8, 4) is 5.75 Å². The van der Waals surface area contributed by atoms with Crippen LogP contribution in [0.25, 0.3) is 0 Å². The van der Waals surface area contributed by atoms with Gasteiger partial charge < -0.3 is 15.0 Å². The van der Waals surface area contributed by atoms with Crippen molar-refractivity contribution in [2.45, 2.75) is 32.2 Å². The van der Waals surface area contributed by atoms with Gasteiger partial charge in [-0.05, 0) is 37.5 Å². The van der Waals surface area contributed by atoms with Crippen LogP contribution in [0.5, 0.6) is 5.75 Å². The predicted octanol–water partition coefficient (Wildman–Crippen LogP) is 2.20. The lowest BCUT2D eigenvalue weighted by Crippen LogP contribution is -2.45. The van der Waals surface area contributed by atoms with Gasteiger partial charge in [-0.1, -0.05) is 6.07 Å². The van der Waals surface area contributed by atoms with E-state index in [1.54, 1.807) is 12.1 Å². The number of nitrogens with one attached hydrogen (secondary N) is 1. The first-order valence-corrected chi connectivity index (χ1v) is 6.98. The molecule has 120 valence electrons. The third-order valence-corrected chi connectivity index (χ3v) is 3.64. The highest BCUT2D eigenvalue weighted by Crippen LogP contribution is 2.27. The number of hydrogen-bond donors (Lipinski definition) is 1. The molecule has 1 aromatic carbocycles. The molecule has 1 saturated heterocycles. The van der Waals surface area contributed by atoms with Gasteiger partial charge in [0.2, 0.25) is 5.91 Å². The van der Waals surface area contributed by atoms with Gasteiger partial charge in [-0.3, -0.25) is 9.59 Å². The second kappa shape index (κ2) is 6.72. The molecule has 1 aliphatic rings. The Kier molecular flexibility index (Phi) is 4.95. The summed E-state index contributed by atoms with van der Waals surface area (Å²) in [5.74, 6) is -1.30. The molecule has 1 aromatic rings. The maximum Gasteiger partial charge on any atom is 0.315 e. The molecule has 2 rings (SSSR count). The van der Waals surface area contributed by atoms with Gasteiger partial charge in [0.15, 0.2) is 0 Å². The van der Waals surface area contributed by atoms with Gasteiger partial charge in [0.25, 0.3) is 5.91 Å². The number of benzene rings is 1. The number of nitrogens with zero attached hydrogens (tertiary/aromatic N) is 1. The summed E-state index contributed by atoms with van der Waals surface area (Å²) in [6.07, 6.45) is -2.19. The molecule has 22 heavy (non-hydrogen) atoms. The Morgan fingerprint density at radius 2 is 2.14 bits per heavy atom. The highest BCUT2D eigenvalue weighted by atomic mass is 19.3. The molecule has 1 heterocycles. The van der Waals surface area contributed by atoms with E-state index < -0.39 is 24.3 Å². The van der Waals surface area contributed by atoms with Crippen LogP contribution in [-0.2, 0) is 9.59 Å². The number of alkyl halides is 2. The van der Waals surface area contributed by atoms with E-state index in [9.17, 15) is 18.4 Å². The largest absolute Gasteiger partial charge is 0.495 e. The smallest absolute Gasteiger partial charge is 0.315 e. The Morgan fingerprint density at radius 1 is 1.41 bits per heavy atom. The second-order valence-corrected chi connectivity index (χ2v) is 5.18. The fraction of sp³-hybridized carbons (Fsp3) is 0.467. The lowest BCUT2D eigenvalue weighted by Gasteiger charge is -2.24. The molecule has 2 amide bonds. The second-order valence-electron chi connectivity index (χ2n) is 5.18. The van der Waals surface area contributed by atoms with E-state index in [0.29, 0.717) is 24.3 Å². The summed E-state index contributed by atoms with van der Waals surface area (Å²) in [6.45, 7) is 2.03. The monoisotopic (exact) mass is 312 g/mol. The molecule has 0 saturated carbocycles. The predicted molar refractivity (Wildman–Crippen MR) is 77.1 cm³/mol. The molecule has 1 fully saturated rings. The van der Waals surface area contributed by atoms with E-state index in [1.807, 2.05) is 13.0 Å². The van der Waals surface area contributed by atoms with Gasteiger partial charge in [-0.2, -0.15) is 8.78 Å². The van der Waals surface area contributed by atoms with E-state index in [1.165, 1.54) is 7.11 Å². The number of halogens is 2. The quantitative estimate of drug-likeness (QED) is 0.927. The van der Waals surface area contributed by atoms with Crippen molar-refractivity contribution in [3.05, 3.63) is 23.8 Å². The molecule has 1 aliphatic heterocycles. The van der Waals surface area contributed by atoms with Crippen LogP contribution in [0.1, 0.15) is 18.4 Å². The fourth-order valence-corrected chi connectivity index (χ4v) is 2.56. The first kappa shape index (κ1) is 16.2.